The summed E-state index contributed by atoms with van der Waals surface area (Å²) >= 11 is 6.34. The molecular weight excluding hydrogens is 270 g/mol. The van der Waals surface area contributed by atoms with Gasteiger partial charge in [-0.3, -0.25) is 0 Å². The standard InChI is InChI=1S/C16H20ClN3/c1-10(17)15-19-14-3-2-8-18-16(14)20(15)9-13(11-4-5-11)12-6-7-12/h2-3,8,10-13H,4-7,9H2,1H3. The first-order valence-electron chi connectivity index (χ1n) is 7.69. The third kappa shape index (κ3) is 2.22. The van der Waals surface area contributed by atoms with Crippen molar-refractivity contribution in [2.75, 3.05) is 0 Å². The molecule has 0 radical (unpaired) electrons. The van der Waals surface area contributed by atoms with Crippen LogP contribution in [0.2, 0.25) is 0 Å². The topological polar surface area (TPSA) is 30.7 Å². The maximum atomic E-state index is 6.34. The Labute approximate surface area is 124 Å². The Hall–Kier alpha value is -1.09. The average molecular weight is 290 g/mol. The Morgan fingerprint density at radius 2 is 2.00 bits per heavy atom. The molecule has 2 aliphatic carbocycles. The number of hydrogen-bond donors (Lipinski definition) is 0. The van der Waals surface area contributed by atoms with Crippen LogP contribution in [0, 0.1) is 17.8 Å². The minimum Gasteiger partial charge on any atom is -0.311 e. The van der Waals surface area contributed by atoms with Gasteiger partial charge in [0.2, 0.25) is 0 Å². The van der Waals surface area contributed by atoms with Crippen molar-refractivity contribution >= 4 is 22.8 Å². The first-order valence-corrected chi connectivity index (χ1v) is 8.13. The number of nitrogens with zero attached hydrogens (tertiary/aromatic N) is 3. The fraction of sp³-hybridized carbons (Fsp3) is 0.625. The van der Waals surface area contributed by atoms with Crippen LogP contribution in [-0.2, 0) is 6.54 Å². The highest BCUT2D eigenvalue weighted by Gasteiger charge is 2.42. The van der Waals surface area contributed by atoms with Crippen molar-refractivity contribution in [3.8, 4) is 0 Å². The predicted octanol–water partition coefficient (Wildman–Crippen LogP) is 4.17. The summed E-state index contributed by atoms with van der Waals surface area (Å²) in [6, 6.07) is 3.98. The summed E-state index contributed by atoms with van der Waals surface area (Å²) in [5.74, 6) is 3.65. The second-order valence-corrected chi connectivity index (χ2v) is 7.04. The smallest absolute Gasteiger partial charge is 0.160 e. The summed E-state index contributed by atoms with van der Waals surface area (Å²) in [5.41, 5.74) is 1.97. The molecule has 0 amide bonds. The van der Waals surface area contributed by atoms with E-state index in [0.29, 0.717) is 0 Å². The highest BCUT2D eigenvalue weighted by Crippen LogP contribution is 2.50. The monoisotopic (exact) mass is 289 g/mol. The van der Waals surface area contributed by atoms with Crippen LogP contribution in [0.4, 0.5) is 0 Å². The average Bonchev–Trinajstić information content (AvgIpc) is 3.33. The van der Waals surface area contributed by atoms with Crippen molar-refractivity contribution < 1.29 is 0 Å². The van der Waals surface area contributed by atoms with Crippen LogP contribution in [0.3, 0.4) is 0 Å². The maximum absolute atomic E-state index is 6.34. The molecule has 2 fully saturated rings. The molecule has 0 bridgehead atoms. The number of fused-ring (bicyclic) bond motifs is 1. The molecule has 2 aromatic rings. The second kappa shape index (κ2) is 4.73. The van der Waals surface area contributed by atoms with Gasteiger partial charge < -0.3 is 4.57 Å². The molecule has 0 aliphatic heterocycles. The number of alkyl halides is 1. The largest absolute Gasteiger partial charge is 0.311 e. The molecule has 3 nitrogen and oxygen atoms in total. The molecule has 1 atom stereocenters. The molecule has 0 aromatic carbocycles. The quantitative estimate of drug-likeness (QED) is 0.774. The van der Waals surface area contributed by atoms with E-state index in [4.69, 9.17) is 16.6 Å². The number of halogens is 1. The van der Waals surface area contributed by atoms with Crippen LogP contribution in [0.5, 0.6) is 0 Å². The van der Waals surface area contributed by atoms with E-state index in [0.717, 1.165) is 41.3 Å². The Bertz CT molecular complexity index is 614. The zero-order valence-corrected chi connectivity index (χ0v) is 12.6. The van der Waals surface area contributed by atoms with E-state index in [2.05, 4.69) is 9.55 Å². The van der Waals surface area contributed by atoms with Gasteiger partial charge in [-0.25, -0.2) is 9.97 Å². The highest BCUT2D eigenvalue weighted by atomic mass is 35.5. The summed E-state index contributed by atoms with van der Waals surface area (Å²) in [4.78, 5) is 9.23. The van der Waals surface area contributed by atoms with Gasteiger partial charge >= 0.3 is 0 Å². The molecule has 2 aliphatic rings. The van der Waals surface area contributed by atoms with E-state index < -0.39 is 0 Å². The predicted molar refractivity (Wildman–Crippen MR) is 80.7 cm³/mol. The lowest BCUT2D eigenvalue weighted by Gasteiger charge is -2.19. The molecule has 0 N–H and O–H groups in total. The van der Waals surface area contributed by atoms with Crippen molar-refractivity contribution in [2.24, 2.45) is 17.8 Å². The molecule has 0 spiro atoms. The lowest BCUT2D eigenvalue weighted by Crippen LogP contribution is -2.17. The molecule has 2 saturated carbocycles. The van der Waals surface area contributed by atoms with Crippen molar-refractivity contribution in [3.63, 3.8) is 0 Å². The summed E-state index contributed by atoms with van der Waals surface area (Å²) in [5, 5.41) is -0.0664. The van der Waals surface area contributed by atoms with Gasteiger partial charge in [0.25, 0.3) is 0 Å². The van der Waals surface area contributed by atoms with Crippen molar-refractivity contribution in [1.82, 2.24) is 14.5 Å². The third-order valence-electron chi connectivity index (χ3n) is 4.74. The summed E-state index contributed by atoms with van der Waals surface area (Å²) in [7, 11) is 0. The zero-order chi connectivity index (χ0) is 13.7. The third-order valence-corrected chi connectivity index (χ3v) is 4.93. The van der Waals surface area contributed by atoms with E-state index in [1.165, 1.54) is 25.7 Å². The van der Waals surface area contributed by atoms with Crippen LogP contribution in [0.1, 0.15) is 43.8 Å². The molecule has 4 rings (SSSR count). The molecule has 20 heavy (non-hydrogen) atoms. The minimum absolute atomic E-state index is 0.0664. The molecule has 106 valence electrons. The van der Waals surface area contributed by atoms with Crippen molar-refractivity contribution in [3.05, 3.63) is 24.2 Å². The van der Waals surface area contributed by atoms with Crippen LogP contribution in [0.25, 0.3) is 11.2 Å². The van der Waals surface area contributed by atoms with Crippen LogP contribution < -0.4 is 0 Å². The van der Waals surface area contributed by atoms with Crippen LogP contribution in [-0.4, -0.2) is 14.5 Å². The number of aromatic nitrogens is 3. The number of rotatable bonds is 5. The fourth-order valence-electron chi connectivity index (χ4n) is 3.40. The first kappa shape index (κ1) is 12.6. The van der Waals surface area contributed by atoms with Gasteiger partial charge in [0.05, 0.1) is 5.38 Å². The SMILES string of the molecule is CC(Cl)c1nc2cccnc2n1CC(C1CC1)C1CC1. The van der Waals surface area contributed by atoms with E-state index in [1.807, 2.05) is 25.3 Å². The van der Waals surface area contributed by atoms with Crippen molar-refractivity contribution in [1.29, 1.82) is 0 Å². The van der Waals surface area contributed by atoms with Gasteiger partial charge in [-0.05, 0) is 62.5 Å². The lowest BCUT2D eigenvalue weighted by atomic mass is 9.98. The van der Waals surface area contributed by atoms with Gasteiger partial charge in [0.1, 0.15) is 11.3 Å². The molecule has 1 unspecified atom stereocenters. The van der Waals surface area contributed by atoms with Gasteiger partial charge in [-0.2, -0.15) is 0 Å². The van der Waals surface area contributed by atoms with Gasteiger partial charge in [-0.15, -0.1) is 11.6 Å². The Balaban J connectivity index is 1.74. The normalized spacial score (nSPS) is 20.8. The Morgan fingerprint density at radius 1 is 1.30 bits per heavy atom. The minimum atomic E-state index is -0.0664. The highest BCUT2D eigenvalue weighted by molar-refractivity contribution is 6.20. The Morgan fingerprint density at radius 3 is 2.60 bits per heavy atom. The molecular formula is C16H20ClN3. The molecule has 0 saturated heterocycles. The summed E-state index contributed by atoms with van der Waals surface area (Å²) in [6.45, 7) is 3.05. The molecule has 2 aromatic heterocycles. The van der Waals surface area contributed by atoms with Crippen LogP contribution in [0.15, 0.2) is 18.3 Å². The van der Waals surface area contributed by atoms with Crippen molar-refractivity contribution in [2.45, 2.75) is 44.5 Å². The lowest BCUT2D eigenvalue weighted by molar-refractivity contribution is 0.347. The van der Waals surface area contributed by atoms with E-state index in [-0.39, 0.29) is 5.38 Å². The molecule has 2 heterocycles. The fourth-order valence-corrected chi connectivity index (χ4v) is 3.57. The number of pyridine rings is 1. The van der Waals surface area contributed by atoms with Gasteiger partial charge in [-0.1, -0.05) is 0 Å². The molecule has 4 heteroatoms. The zero-order valence-electron chi connectivity index (χ0n) is 11.8. The van der Waals surface area contributed by atoms with Crippen LogP contribution >= 0.6 is 11.6 Å². The summed E-state index contributed by atoms with van der Waals surface area (Å²) < 4.78 is 2.29. The number of imidazole rings is 1. The van der Waals surface area contributed by atoms with E-state index in [1.54, 1.807) is 0 Å². The second-order valence-electron chi connectivity index (χ2n) is 6.38. The Kier molecular flexibility index (Phi) is 2.99. The van der Waals surface area contributed by atoms with Gasteiger partial charge in [0.15, 0.2) is 5.65 Å². The number of hydrogen-bond acceptors (Lipinski definition) is 2. The summed E-state index contributed by atoms with van der Waals surface area (Å²) in [6.07, 6.45) is 7.49. The van der Waals surface area contributed by atoms with Gasteiger partial charge in [0, 0.05) is 12.7 Å². The van der Waals surface area contributed by atoms with E-state index in [9.17, 15) is 0 Å². The first-order chi connectivity index (χ1) is 9.74. The van der Waals surface area contributed by atoms with E-state index >= 15 is 0 Å². The maximum Gasteiger partial charge on any atom is 0.160 e.